The van der Waals surface area contributed by atoms with E-state index in [1.54, 1.807) is 0 Å². The molecule has 1 rings (SSSR count). The van der Waals surface area contributed by atoms with E-state index in [1.165, 1.54) is 76.2 Å². The summed E-state index contributed by atoms with van der Waals surface area (Å²) in [5.74, 6) is -0.664. The molecule has 0 aliphatic heterocycles. The third-order valence-corrected chi connectivity index (χ3v) is 4.59. The summed E-state index contributed by atoms with van der Waals surface area (Å²) in [5.41, 5.74) is 1.32. The first kappa shape index (κ1) is 29.1. The van der Waals surface area contributed by atoms with Crippen LogP contribution in [0, 0.1) is 6.92 Å². The maximum Gasteiger partial charge on any atom is 0.303 e. The van der Waals surface area contributed by atoms with Crippen LogP contribution in [0.5, 0.6) is 0 Å². The molecule has 1 aromatic rings. The third kappa shape index (κ3) is 24.9. The van der Waals surface area contributed by atoms with Gasteiger partial charge in [-0.3, -0.25) is 4.79 Å². The van der Waals surface area contributed by atoms with Gasteiger partial charge in [0.25, 0.3) is 0 Å². The molecule has 1 N–H and O–H groups in total. The van der Waals surface area contributed by atoms with Gasteiger partial charge in [0.15, 0.2) is 0 Å². The quantitative estimate of drug-likeness (QED) is 0.224. The smallest absolute Gasteiger partial charge is 0.303 e. The van der Waals surface area contributed by atoms with Crippen molar-refractivity contribution < 1.29 is 26.7 Å². The van der Waals surface area contributed by atoms with E-state index in [1.807, 2.05) is 18.2 Å². The third-order valence-electron chi connectivity index (χ3n) is 4.59. The molecule has 1 aromatic carbocycles. The number of rotatable bonds is 15. The molecular formula is C25H42CoO2. The van der Waals surface area contributed by atoms with E-state index in [2.05, 4.69) is 38.1 Å². The molecule has 0 saturated carbocycles. The molecule has 0 amide bonds. The van der Waals surface area contributed by atoms with Crippen molar-refractivity contribution in [2.75, 3.05) is 0 Å². The minimum atomic E-state index is -0.664. The molecule has 3 heteroatoms. The summed E-state index contributed by atoms with van der Waals surface area (Å²) in [5, 5.41) is 8.51. The largest absolute Gasteiger partial charge is 0.481 e. The van der Waals surface area contributed by atoms with Crippen LogP contribution in [-0.4, -0.2) is 11.1 Å². The summed E-state index contributed by atoms with van der Waals surface area (Å²) in [4.78, 5) is 10.3. The molecule has 2 nitrogen and oxygen atoms in total. The van der Waals surface area contributed by atoms with Crippen molar-refractivity contribution in [3.63, 3.8) is 0 Å². The predicted octanol–water partition coefficient (Wildman–Crippen LogP) is 8.10. The molecule has 0 spiro atoms. The van der Waals surface area contributed by atoms with Crippen molar-refractivity contribution in [3.8, 4) is 0 Å². The van der Waals surface area contributed by atoms with Gasteiger partial charge in [0.05, 0.1) is 0 Å². The average molecular weight is 434 g/mol. The number of benzene rings is 1. The Labute approximate surface area is 184 Å². The zero-order valence-corrected chi connectivity index (χ0v) is 19.2. The van der Waals surface area contributed by atoms with Crippen LogP contribution >= 0.6 is 0 Å². The molecule has 0 unspecified atom stereocenters. The van der Waals surface area contributed by atoms with Crippen molar-refractivity contribution in [2.24, 2.45) is 0 Å². The predicted molar refractivity (Wildman–Crippen MR) is 118 cm³/mol. The fourth-order valence-electron chi connectivity index (χ4n) is 2.88. The van der Waals surface area contributed by atoms with Gasteiger partial charge >= 0.3 is 5.97 Å². The van der Waals surface area contributed by atoms with Crippen molar-refractivity contribution in [2.45, 2.75) is 104 Å². The van der Waals surface area contributed by atoms with E-state index in [0.29, 0.717) is 6.42 Å². The topological polar surface area (TPSA) is 37.3 Å². The fourth-order valence-corrected chi connectivity index (χ4v) is 2.88. The maximum atomic E-state index is 10.3. The van der Waals surface area contributed by atoms with Crippen LogP contribution in [-0.2, 0) is 21.6 Å². The molecule has 163 valence electrons. The zero-order valence-electron chi connectivity index (χ0n) is 18.1. The maximum absolute atomic E-state index is 10.3. The summed E-state index contributed by atoms with van der Waals surface area (Å²) >= 11 is 0. The molecule has 0 atom stereocenters. The molecule has 0 bridgehead atoms. The molecule has 0 fully saturated rings. The Bertz CT molecular complexity index is 457. The van der Waals surface area contributed by atoms with Crippen LogP contribution in [0.2, 0.25) is 0 Å². The van der Waals surface area contributed by atoms with Crippen molar-refractivity contribution in [1.82, 2.24) is 0 Å². The van der Waals surface area contributed by atoms with E-state index >= 15 is 0 Å². The number of aryl methyl sites for hydroxylation is 1. The summed E-state index contributed by atoms with van der Waals surface area (Å²) in [6.07, 6.45) is 21.2. The van der Waals surface area contributed by atoms with Gasteiger partial charge in [0, 0.05) is 23.2 Å². The second kappa shape index (κ2) is 24.0. The summed E-state index contributed by atoms with van der Waals surface area (Å²) in [6, 6.07) is 10.3. The summed E-state index contributed by atoms with van der Waals surface area (Å²) < 4.78 is 0. The van der Waals surface area contributed by atoms with Gasteiger partial charge in [0.2, 0.25) is 0 Å². The monoisotopic (exact) mass is 433 g/mol. The van der Waals surface area contributed by atoms with Crippen LogP contribution in [0.4, 0.5) is 0 Å². The van der Waals surface area contributed by atoms with Crippen molar-refractivity contribution in [1.29, 1.82) is 0 Å². The van der Waals surface area contributed by atoms with Crippen LogP contribution in [0.1, 0.15) is 102 Å². The van der Waals surface area contributed by atoms with Gasteiger partial charge in [-0.15, -0.1) is 0 Å². The van der Waals surface area contributed by atoms with Gasteiger partial charge in [-0.25, -0.2) is 0 Å². The van der Waals surface area contributed by atoms with Crippen molar-refractivity contribution >= 4 is 5.97 Å². The summed E-state index contributed by atoms with van der Waals surface area (Å²) in [7, 11) is 0. The Morgan fingerprint density at radius 1 is 0.786 bits per heavy atom. The van der Waals surface area contributed by atoms with E-state index in [4.69, 9.17) is 5.11 Å². The molecule has 0 heterocycles. The van der Waals surface area contributed by atoms with Gasteiger partial charge in [-0.1, -0.05) is 106 Å². The van der Waals surface area contributed by atoms with E-state index in [9.17, 15) is 4.79 Å². The Balaban J connectivity index is 0. The number of carboxylic acids is 1. The Hall–Kier alpha value is -1.06. The van der Waals surface area contributed by atoms with E-state index in [-0.39, 0.29) is 16.8 Å². The number of allylic oxidation sites excluding steroid dienone is 2. The van der Waals surface area contributed by atoms with Crippen LogP contribution in [0.3, 0.4) is 0 Å². The van der Waals surface area contributed by atoms with E-state index in [0.717, 1.165) is 12.8 Å². The molecule has 0 aliphatic rings. The average Bonchev–Trinajstić information content (AvgIpc) is 2.66. The minimum absolute atomic E-state index is 0. The zero-order chi connectivity index (χ0) is 20.0. The SMILES string of the molecule is CCCCCCCC/C=C\CCCCCCCC(=O)O.Cc1ccccc1.[Co]. The number of unbranched alkanes of at least 4 members (excludes halogenated alkanes) is 11. The van der Waals surface area contributed by atoms with Crippen LogP contribution in [0.25, 0.3) is 0 Å². The second-order valence-electron chi connectivity index (χ2n) is 7.38. The van der Waals surface area contributed by atoms with Crippen LogP contribution in [0.15, 0.2) is 42.5 Å². The molecule has 0 aliphatic carbocycles. The number of carboxylic acid groups (broad SMARTS) is 1. The Morgan fingerprint density at radius 2 is 1.25 bits per heavy atom. The number of hydrogen-bond donors (Lipinski definition) is 1. The van der Waals surface area contributed by atoms with Gasteiger partial charge in [0.1, 0.15) is 0 Å². The van der Waals surface area contributed by atoms with Gasteiger partial charge < -0.3 is 5.11 Å². The first-order chi connectivity index (χ1) is 13.2. The molecule has 1 radical (unpaired) electrons. The minimum Gasteiger partial charge on any atom is -0.481 e. The number of carbonyl (C=O) groups is 1. The van der Waals surface area contributed by atoms with Crippen LogP contribution < -0.4 is 0 Å². The number of hydrogen-bond acceptors (Lipinski definition) is 1. The summed E-state index contributed by atoms with van der Waals surface area (Å²) in [6.45, 7) is 4.34. The first-order valence-corrected chi connectivity index (χ1v) is 11.0. The Morgan fingerprint density at radius 3 is 1.68 bits per heavy atom. The fraction of sp³-hybridized carbons (Fsp3) is 0.640. The standard InChI is InChI=1S/C18H34O2.C7H8.Co/c1-2-3-4-5-6-7-8-9-10-11-12-13-14-15-16-17-18(19)20;1-7-5-3-2-4-6-7;/h9-10H,2-8,11-17H2,1H3,(H,19,20);2-6H,1H3;/b10-9-;;. The normalized spacial score (nSPS) is 10.2. The van der Waals surface area contributed by atoms with Gasteiger partial charge in [-0.05, 0) is 39.0 Å². The van der Waals surface area contributed by atoms with Gasteiger partial charge in [-0.2, -0.15) is 0 Å². The molecule has 0 saturated heterocycles. The molecule has 28 heavy (non-hydrogen) atoms. The first-order valence-electron chi connectivity index (χ1n) is 11.0. The Kier molecular flexibility index (Phi) is 25.0. The molecule has 0 aromatic heterocycles. The second-order valence-corrected chi connectivity index (χ2v) is 7.38. The van der Waals surface area contributed by atoms with E-state index < -0.39 is 5.97 Å². The number of aliphatic carboxylic acids is 1. The molecular weight excluding hydrogens is 391 g/mol. The van der Waals surface area contributed by atoms with Crippen molar-refractivity contribution in [3.05, 3.63) is 48.0 Å².